The van der Waals surface area contributed by atoms with Gasteiger partial charge in [0, 0.05) is 10.6 Å². The molecular weight excluding hydrogens is 258 g/mol. The number of hydrogen-bond acceptors (Lipinski definition) is 4. The van der Waals surface area contributed by atoms with Crippen molar-refractivity contribution >= 4 is 0 Å². The molecule has 1 unspecified atom stereocenters. The molecule has 1 atom stereocenters. The first-order chi connectivity index (χ1) is 9.51. The molecule has 0 saturated carbocycles. The zero-order chi connectivity index (χ0) is 14.7. The van der Waals surface area contributed by atoms with E-state index in [-0.39, 0.29) is 11.5 Å². The Kier molecular flexibility index (Phi) is 4.02. The largest absolute Gasteiger partial charge is 0.497 e. The Bertz CT molecular complexity index is 622. The number of benzene rings is 1. The maximum Gasteiger partial charge on any atom is 0.230 e. The maximum absolute atomic E-state index is 11.0. The minimum absolute atomic E-state index is 0.213. The first-order valence-corrected chi connectivity index (χ1v) is 6.29. The van der Waals surface area contributed by atoms with Crippen LogP contribution in [0.1, 0.15) is 23.0 Å². The summed E-state index contributed by atoms with van der Waals surface area (Å²) in [5, 5.41) is 15.3. The summed E-state index contributed by atoms with van der Waals surface area (Å²) in [6.07, 6.45) is 0. The van der Waals surface area contributed by atoms with Gasteiger partial charge in [0.15, 0.2) is 0 Å². The second kappa shape index (κ2) is 5.73. The van der Waals surface area contributed by atoms with Crippen molar-refractivity contribution in [2.45, 2.75) is 19.9 Å². The van der Waals surface area contributed by atoms with E-state index in [9.17, 15) is 10.1 Å². The minimum atomic E-state index is -0.436. The van der Waals surface area contributed by atoms with Crippen LogP contribution in [0.5, 0.6) is 5.75 Å². The maximum atomic E-state index is 11.0. The Morgan fingerprint density at radius 1 is 1.40 bits per heavy atom. The molecular formula is C14H17N3O3. The van der Waals surface area contributed by atoms with Crippen molar-refractivity contribution in [2.75, 3.05) is 13.7 Å². The predicted octanol–water partition coefficient (Wildman–Crippen LogP) is 2.37. The Balaban J connectivity index is 2.46. The van der Waals surface area contributed by atoms with Gasteiger partial charge in [-0.1, -0.05) is 12.1 Å². The average molecular weight is 275 g/mol. The number of aryl methyl sites for hydroxylation is 2. The first kappa shape index (κ1) is 14.0. The summed E-state index contributed by atoms with van der Waals surface area (Å²) >= 11 is 0. The van der Waals surface area contributed by atoms with E-state index in [1.54, 1.807) is 11.8 Å². The van der Waals surface area contributed by atoms with Crippen LogP contribution in [0.2, 0.25) is 0 Å². The standard InChI is InChI=1S/C14H17N3O3/c1-10-7-11(2)17(15-10)14(9-16(18)19)12-5-4-6-13(8-12)20-3/h4-8,14H,9H2,1-3H3. The lowest BCUT2D eigenvalue weighted by molar-refractivity contribution is -0.484. The van der Waals surface area contributed by atoms with Gasteiger partial charge in [-0.25, -0.2) is 0 Å². The molecule has 0 bridgehead atoms. The fourth-order valence-corrected chi connectivity index (χ4v) is 2.28. The summed E-state index contributed by atoms with van der Waals surface area (Å²) in [7, 11) is 1.57. The number of hydrogen-bond donors (Lipinski definition) is 0. The fraction of sp³-hybridized carbons (Fsp3) is 0.357. The monoisotopic (exact) mass is 275 g/mol. The molecule has 106 valence electrons. The van der Waals surface area contributed by atoms with E-state index in [0.717, 1.165) is 17.0 Å². The number of rotatable bonds is 5. The van der Waals surface area contributed by atoms with Gasteiger partial charge < -0.3 is 4.74 Å². The van der Waals surface area contributed by atoms with Gasteiger partial charge >= 0.3 is 0 Å². The van der Waals surface area contributed by atoms with E-state index in [1.807, 2.05) is 44.2 Å². The van der Waals surface area contributed by atoms with Crippen molar-refractivity contribution in [1.29, 1.82) is 0 Å². The molecule has 1 aromatic carbocycles. The van der Waals surface area contributed by atoms with Gasteiger partial charge in [-0.15, -0.1) is 0 Å². The second-order valence-electron chi connectivity index (χ2n) is 4.68. The van der Waals surface area contributed by atoms with Gasteiger partial charge in [-0.05, 0) is 37.6 Å². The third kappa shape index (κ3) is 2.96. The van der Waals surface area contributed by atoms with Crippen LogP contribution in [0, 0.1) is 24.0 Å². The van der Waals surface area contributed by atoms with E-state index in [2.05, 4.69) is 5.10 Å². The number of ether oxygens (including phenoxy) is 1. The van der Waals surface area contributed by atoms with Gasteiger partial charge in [-0.3, -0.25) is 14.8 Å². The van der Waals surface area contributed by atoms with Crippen molar-refractivity contribution in [3.63, 3.8) is 0 Å². The second-order valence-corrected chi connectivity index (χ2v) is 4.68. The lowest BCUT2D eigenvalue weighted by atomic mass is 10.1. The van der Waals surface area contributed by atoms with E-state index in [4.69, 9.17) is 4.74 Å². The van der Waals surface area contributed by atoms with E-state index in [1.165, 1.54) is 0 Å². The average Bonchev–Trinajstić information content (AvgIpc) is 2.74. The number of methoxy groups -OCH3 is 1. The fourth-order valence-electron chi connectivity index (χ4n) is 2.28. The molecule has 2 rings (SSSR count). The topological polar surface area (TPSA) is 70.2 Å². The van der Waals surface area contributed by atoms with Crippen molar-refractivity contribution in [3.05, 3.63) is 57.4 Å². The number of aromatic nitrogens is 2. The van der Waals surface area contributed by atoms with Crippen LogP contribution in [-0.2, 0) is 0 Å². The summed E-state index contributed by atoms with van der Waals surface area (Å²) < 4.78 is 6.88. The normalized spacial score (nSPS) is 12.2. The van der Waals surface area contributed by atoms with Gasteiger partial charge in [0.05, 0.1) is 12.8 Å². The SMILES string of the molecule is COc1cccc(C(C[N+](=O)[O-])n2nc(C)cc2C)c1. The molecule has 0 amide bonds. The smallest absolute Gasteiger partial charge is 0.230 e. The Morgan fingerprint density at radius 3 is 2.70 bits per heavy atom. The summed E-state index contributed by atoms with van der Waals surface area (Å²) in [4.78, 5) is 10.6. The molecule has 0 aliphatic carbocycles. The molecule has 1 heterocycles. The molecule has 0 spiro atoms. The van der Waals surface area contributed by atoms with Crippen LogP contribution in [0.25, 0.3) is 0 Å². The highest BCUT2D eigenvalue weighted by Gasteiger charge is 2.22. The summed E-state index contributed by atoms with van der Waals surface area (Å²) in [5.74, 6) is 0.678. The quantitative estimate of drug-likeness (QED) is 0.620. The van der Waals surface area contributed by atoms with Gasteiger partial charge in [0.25, 0.3) is 0 Å². The highest BCUT2D eigenvalue weighted by molar-refractivity contribution is 5.31. The molecule has 2 aromatic rings. The lowest BCUT2D eigenvalue weighted by Crippen LogP contribution is -2.22. The molecule has 0 aliphatic heterocycles. The van der Waals surface area contributed by atoms with Crippen LogP contribution in [0.3, 0.4) is 0 Å². The molecule has 6 nitrogen and oxygen atoms in total. The summed E-state index contributed by atoms with van der Waals surface area (Å²) in [6.45, 7) is 3.56. The molecule has 6 heteroatoms. The molecule has 0 fully saturated rings. The molecule has 1 aromatic heterocycles. The Morgan fingerprint density at radius 2 is 2.15 bits per heavy atom. The molecule has 0 saturated heterocycles. The first-order valence-electron chi connectivity index (χ1n) is 6.29. The lowest BCUT2D eigenvalue weighted by Gasteiger charge is -2.16. The van der Waals surface area contributed by atoms with Gasteiger partial charge in [0.2, 0.25) is 6.54 Å². The minimum Gasteiger partial charge on any atom is -0.497 e. The zero-order valence-corrected chi connectivity index (χ0v) is 11.7. The Hall–Kier alpha value is -2.37. The van der Waals surface area contributed by atoms with Gasteiger partial charge in [-0.2, -0.15) is 5.10 Å². The van der Waals surface area contributed by atoms with Crippen LogP contribution in [-0.4, -0.2) is 28.4 Å². The number of nitro groups is 1. The van der Waals surface area contributed by atoms with Crippen LogP contribution in [0.4, 0.5) is 0 Å². The molecule has 20 heavy (non-hydrogen) atoms. The van der Waals surface area contributed by atoms with Crippen molar-refractivity contribution in [1.82, 2.24) is 9.78 Å². The molecule has 0 aliphatic rings. The van der Waals surface area contributed by atoms with E-state index in [0.29, 0.717) is 5.75 Å². The highest BCUT2D eigenvalue weighted by Crippen LogP contribution is 2.24. The zero-order valence-electron chi connectivity index (χ0n) is 11.7. The molecule has 0 N–H and O–H groups in total. The van der Waals surface area contributed by atoms with E-state index < -0.39 is 6.04 Å². The van der Waals surface area contributed by atoms with Crippen molar-refractivity contribution in [3.8, 4) is 5.75 Å². The third-order valence-electron chi connectivity index (χ3n) is 3.14. The van der Waals surface area contributed by atoms with Gasteiger partial charge in [0.1, 0.15) is 11.8 Å². The third-order valence-corrected chi connectivity index (χ3v) is 3.14. The van der Waals surface area contributed by atoms with Crippen molar-refractivity contribution < 1.29 is 9.66 Å². The van der Waals surface area contributed by atoms with Crippen LogP contribution in [0.15, 0.2) is 30.3 Å². The Labute approximate surface area is 117 Å². The van der Waals surface area contributed by atoms with Crippen LogP contribution < -0.4 is 4.74 Å². The summed E-state index contributed by atoms with van der Waals surface area (Å²) in [6, 6.07) is 8.78. The number of nitrogens with zero attached hydrogens (tertiary/aromatic N) is 3. The predicted molar refractivity (Wildman–Crippen MR) is 74.7 cm³/mol. The molecule has 0 radical (unpaired) electrons. The highest BCUT2D eigenvalue weighted by atomic mass is 16.6. The van der Waals surface area contributed by atoms with Crippen molar-refractivity contribution in [2.24, 2.45) is 0 Å². The van der Waals surface area contributed by atoms with E-state index >= 15 is 0 Å². The van der Waals surface area contributed by atoms with Crippen LogP contribution >= 0.6 is 0 Å². The summed E-state index contributed by atoms with van der Waals surface area (Å²) in [5.41, 5.74) is 2.56.